The van der Waals surface area contributed by atoms with Gasteiger partial charge in [0.25, 0.3) is 0 Å². The Kier molecular flexibility index (Phi) is 4.33. The van der Waals surface area contributed by atoms with Crippen LogP contribution in [0.4, 0.5) is 0 Å². The first-order chi connectivity index (χ1) is 7.43. The van der Waals surface area contributed by atoms with E-state index in [1.54, 1.807) is 0 Å². The van der Waals surface area contributed by atoms with E-state index in [4.69, 9.17) is 5.73 Å². The molecule has 9 heteroatoms. The Bertz CT molecular complexity index is 442. The zero-order valence-electron chi connectivity index (χ0n) is 8.58. The Morgan fingerprint density at radius 2 is 2.44 bits per heavy atom. The SMILES string of the molecule is CC(C(N)=S)S(=O)(=O)NCCc1ncon1. The molecule has 0 aliphatic rings. The predicted molar refractivity (Wildman–Crippen MR) is 61.2 cm³/mol. The van der Waals surface area contributed by atoms with Gasteiger partial charge in [0.15, 0.2) is 5.82 Å². The number of nitrogens with zero attached hydrogens (tertiary/aromatic N) is 2. The highest BCUT2D eigenvalue weighted by atomic mass is 32.2. The molecule has 16 heavy (non-hydrogen) atoms. The summed E-state index contributed by atoms with van der Waals surface area (Å²) in [5.74, 6) is 0.436. The molecule has 0 bridgehead atoms. The zero-order valence-corrected chi connectivity index (χ0v) is 10.2. The highest BCUT2D eigenvalue weighted by Gasteiger charge is 2.22. The summed E-state index contributed by atoms with van der Waals surface area (Å²) in [7, 11) is -3.52. The van der Waals surface area contributed by atoms with Gasteiger partial charge in [-0.15, -0.1) is 0 Å². The minimum absolute atomic E-state index is 0.0629. The van der Waals surface area contributed by atoms with E-state index in [9.17, 15) is 8.42 Å². The van der Waals surface area contributed by atoms with E-state index in [1.807, 2.05) is 0 Å². The van der Waals surface area contributed by atoms with Gasteiger partial charge in [0.2, 0.25) is 16.4 Å². The fourth-order valence-electron chi connectivity index (χ4n) is 0.886. The van der Waals surface area contributed by atoms with Crippen LogP contribution in [0.15, 0.2) is 10.9 Å². The highest BCUT2D eigenvalue weighted by Crippen LogP contribution is 1.99. The molecule has 0 aromatic carbocycles. The van der Waals surface area contributed by atoms with Crippen LogP contribution in [-0.2, 0) is 16.4 Å². The molecule has 0 saturated carbocycles. The van der Waals surface area contributed by atoms with Crippen LogP contribution in [0, 0.1) is 0 Å². The van der Waals surface area contributed by atoms with Crippen molar-refractivity contribution in [3.05, 3.63) is 12.2 Å². The third-order valence-electron chi connectivity index (χ3n) is 1.92. The second-order valence-corrected chi connectivity index (χ2v) is 5.64. The second kappa shape index (κ2) is 5.32. The summed E-state index contributed by atoms with van der Waals surface area (Å²) >= 11 is 4.62. The minimum atomic E-state index is -3.52. The maximum Gasteiger partial charge on any atom is 0.220 e. The molecule has 1 rings (SSSR count). The summed E-state index contributed by atoms with van der Waals surface area (Å²) in [5, 5.41) is 2.65. The van der Waals surface area contributed by atoms with Crippen molar-refractivity contribution >= 4 is 27.2 Å². The first-order valence-corrected chi connectivity index (χ1v) is 6.42. The van der Waals surface area contributed by atoms with Crippen LogP contribution < -0.4 is 10.5 Å². The molecule has 0 aliphatic carbocycles. The molecule has 0 aliphatic heterocycles. The number of aromatic nitrogens is 2. The van der Waals surface area contributed by atoms with Gasteiger partial charge in [-0.2, -0.15) is 4.98 Å². The molecule has 7 nitrogen and oxygen atoms in total. The second-order valence-electron chi connectivity index (χ2n) is 3.08. The monoisotopic (exact) mass is 264 g/mol. The van der Waals surface area contributed by atoms with Gasteiger partial charge in [0.05, 0.1) is 4.99 Å². The van der Waals surface area contributed by atoms with E-state index >= 15 is 0 Å². The lowest BCUT2D eigenvalue weighted by Gasteiger charge is -2.11. The Balaban J connectivity index is 2.46. The van der Waals surface area contributed by atoms with Crippen LogP contribution >= 0.6 is 12.2 Å². The van der Waals surface area contributed by atoms with Gasteiger partial charge in [-0.3, -0.25) is 0 Å². The first-order valence-electron chi connectivity index (χ1n) is 4.46. The quantitative estimate of drug-likeness (QED) is 0.647. The topological polar surface area (TPSA) is 111 Å². The summed E-state index contributed by atoms with van der Waals surface area (Å²) in [6.07, 6.45) is 1.53. The number of hydrogen-bond donors (Lipinski definition) is 2. The van der Waals surface area contributed by atoms with Crippen molar-refractivity contribution in [3.63, 3.8) is 0 Å². The van der Waals surface area contributed by atoms with E-state index < -0.39 is 15.3 Å². The van der Waals surface area contributed by atoms with Crippen molar-refractivity contribution in [1.29, 1.82) is 0 Å². The fraction of sp³-hybridized carbons (Fsp3) is 0.571. The summed E-state index contributed by atoms with van der Waals surface area (Å²) in [6, 6.07) is 0. The molecule has 1 unspecified atom stereocenters. The van der Waals surface area contributed by atoms with E-state index in [0.29, 0.717) is 12.2 Å². The van der Waals surface area contributed by atoms with Crippen molar-refractivity contribution in [2.75, 3.05) is 6.54 Å². The molecule has 0 spiro atoms. The Labute approximate surface area is 98.5 Å². The third-order valence-corrected chi connectivity index (χ3v) is 4.22. The molecule has 0 saturated heterocycles. The van der Waals surface area contributed by atoms with E-state index in [1.165, 1.54) is 13.3 Å². The molecule has 3 N–H and O–H groups in total. The van der Waals surface area contributed by atoms with Crippen LogP contribution in [0.25, 0.3) is 0 Å². The average molecular weight is 264 g/mol. The van der Waals surface area contributed by atoms with Gasteiger partial charge in [-0.25, -0.2) is 13.1 Å². The van der Waals surface area contributed by atoms with Crippen LogP contribution in [0.3, 0.4) is 0 Å². The van der Waals surface area contributed by atoms with Gasteiger partial charge in [0.1, 0.15) is 5.25 Å². The van der Waals surface area contributed by atoms with Crippen LogP contribution in [0.5, 0.6) is 0 Å². The lowest BCUT2D eigenvalue weighted by Crippen LogP contribution is -2.40. The maximum atomic E-state index is 11.6. The maximum absolute atomic E-state index is 11.6. The number of thiocarbonyl (C=S) groups is 1. The van der Waals surface area contributed by atoms with Gasteiger partial charge in [0, 0.05) is 13.0 Å². The number of nitrogens with two attached hydrogens (primary N) is 1. The molecule has 90 valence electrons. The molecule has 1 aromatic heterocycles. The summed E-state index contributed by atoms with van der Waals surface area (Å²) in [5.41, 5.74) is 5.26. The number of rotatable bonds is 6. The van der Waals surface area contributed by atoms with Crippen LogP contribution in [0.2, 0.25) is 0 Å². The van der Waals surface area contributed by atoms with Crippen molar-refractivity contribution in [2.24, 2.45) is 5.73 Å². The lowest BCUT2D eigenvalue weighted by molar-refractivity contribution is 0.409. The Morgan fingerprint density at radius 1 is 1.75 bits per heavy atom. The molecule has 0 radical (unpaired) electrons. The van der Waals surface area contributed by atoms with Crippen molar-refractivity contribution in [1.82, 2.24) is 14.9 Å². The van der Waals surface area contributed by atoms with E-state index in [-0.39, 0.29) is 11.5 Å². The number of nitrogens with one attached hydrogen (secondary N) is 1. The standard InChI is InChI=1S/C7H12N4O3S2/c1-5(7(8)15)16(12,13)10-3-2-6-9-4-14-11-6/h4-5,10H,2-3H2,1H3,(H2,8,15). The predicted octanol–water partition coefficient (Wildman–Crippen LogP) is -0.794. The molecule has 0 amide bonds. The fourth-order valence-corrected chi connectivity index (χ4v) is 2.21. The van der Waals surface area contributed by atoms with Gasteiger partial charge in [-0.1, -0.05) is 17.4 Å². The normalized spacial score (nSPS) is 13.6. The van der Waals surface area contributed by atoms with Gasteiger partial charge >= 0.3 is 0 Å². The summed E-state index contributed by atoms with van der Waals surface area (Å²) < 4.78 is 30.0. The Hall–Kier alpha value is -1.06. The summed E-state index contributed by atoms with van der Waals surface area (Å²) in [6.45, 7) is 1.60. The third kappa shape index (κ3) is 3.51. The zero-order chi connectivity index (χ0) is 12.2. The van der Waals surface area contributed by atoms with Crippen LogP contribution in [-0.4, -0.2) is 35.3 Å². The first kappa shape index (κ1) is 13.0. The molecule has 1 heterocycles. The van der Waals surface area contributed by atoms with Crippen molar-refractivity contribution in [3.8, 4) is 0 Å². The van der Waals surface area contributed by atoms with Gasteiger partial charge in [-0.05, 0) is 6.92 Å². The summed E-state index contributed by atoms with van der Waals surface area (Å²) in [4.78, 5) is 3.69. The largest absolute Gasteiger partial charge is 0.392 e. The van der Waals surface area contributed by atoms with Crippen molar-refractivity contribution < 1.29 is 12.9 Å². The van der Waals surface area contributed by atoms with E-state index in [0.717, 1.165) is 0 Å². The minimum Gasteiger partial charge on any atom is -0.392 e. The Morgan fingerprint density at radius 3 is 2.94 bits per heavy atom. The molecule has 1 aromatic rings. The molecule has 0 fully saturated rings. The van der Waals surface area contributed by atoms with Gasteiger partial charge < -0.3 is 10.3 Å². The molecular formula is C7H12N4O3S2. The molecular weight excluding hydrogens is 252 g/mol. The van der Waals surface area contributed by atoms with Crippen LogP contribution in [0.1, 0.15) is 12.7 Å². The number of sulfonamides is 1. The smallest absolute Gasteiger partial charge is 0.220 e. The average Bonchev–Trinajstić information content (AvgIpc) is 2.69. The molecule has 1 atom stereocenters. The van der Waals surface area contributed by atoms with Crippen molar-refractivity contribution in [2.45, 2.75) is 18.6 Å². The lowest BCUT2D eigenvalue weighted by atomic mass is 10.4. The van der Waals surface area contributed by atoms with E-state index in [2.05, 4.69) is 31.6 Å². The number of hydrogen-bond acceptors (Lipinski definition) is 6. The highest BCUT2D eigenvalue weighted by molar-refractivity contribution is 7.93.